The molecule has 1 aliphatic rings. The zero-order chi connectivity index (χ0) is 20.6. The summed E-state index contributed by atoms with van der Waals surface area (Å²) in [5, 5.41) is 12.0. The van der Waals surface area contributed by atoms with Gasteiger partial charge < -0.3 is 19.5 Å². The molecule has 1 saturated heterocycles. The van der Waals surface area contributed by atoms with E-state index in [1.54, 1.807) is 19.2 Å². The highest BCUT2D eigenvalue weighted by Crippen LogP contribution is 2.20. The average molecular weight is 389 g/mol. The summed E-state index contributed by atoms with van der Waals surface area (Å²) in [5.41, 5.74) is 0.0108. The minimum atomic E-state index is -0.520. The van der Waals surface area contributed by atoms with Gasteiger partial charge >= 0.3 is 6.09 Å². The number of methoxy groups -OCH3 is 1. The number of para-hydroxylation sites is 1. The third-order valence-corrected chi connectivity index (χ3v) is 4.65. The van der Waals surface area contributed by atoms with Crippen LogP contribution in [0.4, 0.5) is 4.79 Å². The van der Waals surface area contributed by atoms with Gasteiger partial charge in [-0.2, -0.15) is 5.26 Å². The maximum absolute atomic E-state index is 12.0. The lowest BCUT2D eigenvalue weighted by atomic mass is 9.99. The first-order chi connectivity index (χ1) is 13.3. The van der Waals surface area contributed by atoms with Crippen molar-refractivity contribution in [3.63, 3.8) is 0 Å². The van der Waals surface area contributed by atoms with E-state index < -0.39 is 11.7 Å². The van der Waals surface area contributed by atoms with Gasteiger partial charge in [0, 0.05) is 32.8 Å². The van der Waals surface area contributed by atoms with Crippen LogP contribution in [-0.4, -0.2) is 62.1 Å². The van der Waals surface area contributed by atoms with Crippen LogP contribution in [0.5, 0.6) is 5.75 Å². The van der Waals surface area contributed by atoms with E-state index in [1.807, 2.05) is 32.9 Å². The second-order valence-electron chi connectivity index (χ2n) is 7.91. The molecule has 0 saturated carbocycles. The molecule has 1 fully saturated rings. The Morgan fingerprint density at radius 2 is 2.11 bits per heavy atom. The van der Waals surface area contributed by atoms with Crippen molar-refractivity contribution in [2.45, 2.75) is 51.4 Å². The summed E-state index contributed by atoms with van der Waals surface area (Å²) in [7, 11) is 1.72. The first kappa shape index (κ1) is 22.0. The van der Waals surface area contributed by atoms with Gasteiger partial charge in [-0.25, -0.2) is 4.79 Å². The molecule has 1 N–H and O–H groups in total. The number of nitriles is 1. The molecule has 0 aromatic heterocycles. The number of likely N-dealkylation sites (tertiary alicyclic amines) is 1. The summed E-state index contributed by atoms with van der Waals surface area (Å²) in [6, 6.07) is 9.50. The number of carbonyl (C=O) groups excluding carboxylic acids is 1. The lowest BCUT2D eigenvalue weighted by Gasteiger charge is -2.39. The van der Waals surface area contributed by atoms with E-state index in [-0.39, 0.29) is 12.1 Å². The lowest BCUT2D eigenvalue weighted by molar-refractivity contribution is 0.00467. The molecule has 28 heavy (non-hydrogen) atoms. The topological polar surface area (TPSA) is 83.8 Å². The SMILES string of the molecule is CO[C@H]1CCN(CCOc2ccccc2C#N)[C@H](CNC(=O)OC(C)(C)C)C1. The van der Waals surface area contributed by atoms with Crippen molar-refractivity contribution in [2.75, 3.05) is 33.4 Å². The van der Waals surface area contributed by atoms with Crippen molar-refractivity contribution in [1.82, 2.24) is 10.2 Å². The molecule has 1 aromatic rings. The van der Waals surface area contributed by atoms with Crippen LogP contribution in [0.25, 0.3) is 0 Å². The lowest BCUT2D eigenvalue weighted by Crippen LogP contribution is -2.51. The standard InChI is InChI=1S/C21H31N3O4/c1-21(2,3)28-20(25)23-15-17-13-18(26-4)9-10-24(17)11-12-27-19-8-6-5-7-16(19)14-22/h5-8,17-18H,9-13,15H2,1-4H3,(H,23,25)/t17-,18-/m0/s1. The summed E-state index contributed by atoms with van der Waals surface area (Å²) < 4.78 is 16.7. The molecular weight excluding hydrogens is 358 g/mol. The Kier molecular flexibility index (Phi) is 8.09. The van der Waals surface area contributed by atoms with Crippen molar-refractivity contribution in [3.8, 4) is 11.8 Å². The summed E-state index contributed by atoms with van der Waals surface area (Å²) in [6.45, 7) is 8.06. The van der Waals surface area contributed by atoms with Gasteiger partial charge in [-0.3, -0.25) is 4.90 Å². The van der Waals surface area contributed by atoms with E-state index in [1.165, 1.54) is 0 Å². The number of benzene rings is 1. The van der Waals surface area contributed by atoms with Crippen LogP contribution < -0.4 is 10.1 Å². The molecule has 0 spiro atoms. The third kappa shape index (κ3) is 7.02. The highest BCUT2D eigenvalue weighted by molar-refractivity contribution is 5.67. The van der Waals surface area contributed by atoms with E-state index in [0.717, 1.165) is 19.4 Å². The molecule has 1 aromatic carbocycles. The minimum absolute atomic E-state index is 0.140. The Morgan fingerprint density at radius 3 is 2.79 bits per heavy atom. The maximum atomic E-state index is 12.0. The third-order valence-electron chi connectivity index (χ3n) is 4.65. The Balaban J connectivity index is 1.89. The Hall–Kier alpha value is -2.30. The molecule has 1 heterocycles. The first-order valence-corrected chi connectivity index (χ1v) is 9.68. The highest BCUT2D eigenvalue weighted by atomic mass is 16.6. The molecule has 0 radical (unpaired) electrons. The molecule has 7 nitrogen and oxygen atoms in total. The Bertz CT molecular complexity index is 681. The maximum Gasteiger partial charge on any atom is 0.407 e. The van der Waals surface area contributed by atoms with Gasteiger partial charge in [0.1, 0.15) is 24.0 Å². The number of amides is 1. The van der Waals surface area contributed by atoms with Crippen molar-refractivity contribution in [2.24, 2.45) is 0 Å². The van der Waals surface area contributed by atoms with Gasteiger partial charge in [-0.1, -0.05) is 12.1 Å². The fourth-order valence-electron chi connectivity index (χ4n) is 3.26. The zero-order valence-electron chi connectivity index (χ0n) is 17.2. The first-order valence-electron chi connectivity index (χ1n) is 9.68. The van der Waals surface area contributed by atoms with Gasteiger partial charge in [0.25, 0.3) is 0 Å². The molecule has 0 bridgehead atoms. The van der Waals surface area contributed by atoms with Crippen molar-refractivity contribution < 1.29 is 19.0 Å². The predicted molar refractivity (Wildman–Crippen MR) is 106 cm³/mol. The second kappa shape index (κ2) is 10.3. The van der Waals surface area contributed by atoms with Crippen LogP contribution in [0.15, 0.2) is 24.3 Å². The van der Waals surface area contributed by atoms with Crippen molar-refractivity contribution in [3.05, 3.63) is 29.8 Å². The van der Waals surface area contributed by atoms with Crippen molar-refractivity contribution in [1.29, 1.82) is 5.26 Å². The molecule has 2 rings (SSSR count). The summed E-state index contributed by atoms with van der Waals surface area (Å²) in [4.78, 5) is 14.3. The molecule has 2 atom stereocenters. The normalized spacial score (nSPS) is 20.2. The van der Waals surface area contributed by atoms with Crippen LogP contribution in [0.2, 0.25) is 0 Å². The predicted octanol–water partition coefficient (Wildman–Crippen LogP) is 2.94. The Labute approximate surface area is 167 Å². The molecule has 154 valence electrons. The van der Waals surface area contributed by atoms with E-state index in [4.69, 9.17) is 19.5 Å². The highest BCUT2D eigenvalue weighted by Gasteiger charge is 2.29. The van der Waals surface area contributed by atoms with Gasteiger partial charge in [0.15, 0.2) is 0 Å². The smallest absolute Gasteiger partial charge is 0.407 e. The van der Waals surface area contributed by atoms with Crippen LogP contribution in [0.1, 0.15) is 39.2 Å². The summed E-state index contributed by atoms with van der Waals surface area (Å²) in [6.07, 6.45) is 1.54. The fraction of sp³-hybridized carbons (Fsp3) is 0.619. The summed E-state index contributed by atoms with van der Waals surface area (Å²) in [5.74, 6) is 0.597. The van der Waals surface area contributed by atoms with Crippen LogP contribution in [0.3, 0.4) is 0 Å². The van der Waals surface area contributed by atoms with E-state index in [0.29, 0.717) is 31.0 Å². The van der Waals surface area contributed by atoms with E-state index in [2.05, 4.69) is 16.3 Å². The molecule has 0 aliphatic carbocycles. The molecular formula is C21H31N3O4. The summed E-state index contributed by atoms with van der Waals surface area (Å²) >= 11 is 0. The number of carbonyl (C=O) groups is 1. The number of hydrogen-bond donors (Lipinski definition) is 1. The van der Waals surface area contributed by atoms with Crippen LogP contribution >= 0.6 is 0 Å². The van der Waals surface area contributed by atoms with Gasteiger partial charge in [-0.05, 0) is 45.7 Å². The second-order valence-corrected chi connectivity index (χ2v) is 7.91. The van der Waals surface area contributed by atoms with Crippen LogP contribution in [-0.2, 0) is 9.47 Å². The number of hydrogen-bond acceptors (Lipinski definition) is 6. The molecule has 1 amide bonds. The largest absolute Gasteiger partial charge is 0.491 e. The average Bonchev–Trinajstić information content (AvgIpc) is 2.66. The number of ether oxygens (including phenoxy) is 3. The van der Waals surface area contributed by atoms with Crippen LogP contribution in [0, 0.1) is 11.3 Å². The van der Waals surface area contributed by atoms with Gasteiger partial charge in [0.2, 0.25) is 0 Å². The molecule has 1 aliphatic heterocycles. The minimum Gasteiger partial charge on any atom is -0.491 e. The number of piperidine rings is 1. The van der Waals surface area contributed by atoms with Gasteiger partial charge in [0.05, 0.1) is 11.7 Å². The van der Waals surface area contributed by atoms with Crippen molar-refractivity contribution >= 4 is 6.09 Å². The zero-order valence-corrected chi connectivity index (χ0v) is 17.2. The number of rotatable bonds is 7. The molecule has 0 unspecified atom stereocenters. The quantitative estimate of drug-likeness (QED) is 0.772. The number of nitrogens with one attached hydrogen (secondary N) is 1. The number of nitrogens with zero attached hydrogens (tertiary/aromatic N) is 2. The molecule has 7 heteroatoms. The fourth-order valence-corrected chi connectivity index (χ4v) is 3.26. The van der Waals surface area contributed by atoms with E-state index >= 15 is 0 Å². The Morgan fingerprint density at radius 1 is 1.36 bits per heavy atom. The number of alkyl carbamates (subject to hydrolysis) is 1. The van der Waals surface area contributed by atoms with Gasteiger partial charge in [-0.15, -0.1) is 0 Å². The van der Waals surface area contributed by atoms with E-state index in [9.17, 15) is 4.79 Å². The monoisotopic (exact) mass is 389 g/mol.